The fourth-order valence-electron chi connectivity index (χ4n) is 7.24. The number of non-ortho nitro benzene ring substituents is 1. The molecular weight excluding hydrogens is 570 g/mol. The molecule has 0 saturated carbocycles. The summed E-state index contributed by atoms with van der Waals surface area (Å²) < 4.78 is 5.78. The van der Waals surface area contributed by atoms with Crippen molar-refractivity contribution in [3.63, 3.8) is 0 Å². The molecule has 9 nitrogen and oxygen atoms in total. The van der Waals surface area contributed by atoms with E-state index in [1.165, 1.54) is 24.3 Å². The third-order valence-corrected chi connectivity index (χ3v) is 8.99. The first-order valence-corrected chi connectivity index (χ1v) is 14.8. The van der Waals surface area contributed by atoms with Crippen LogP contribution in [0.5, 0.6) is 5.75 Å². The summed E-state index contributed by atoms with van der Waals surface area (Å²) in [4.78, 5) is 56.8. The second-order valence-electron chi connectivity index (χ2n) is 11.8. The number of ketones is 2. The first-order valence-electron chi connectivity index (χ1n) is 14.8. The smallest absolute Gasteiger partial charge is 0.269 e. The van der Waals surface area contributed by atoms with Crippen molar-refractivity contribution in [3.8, 4) is 5.75 Å². The monoisotopic (exact) mass is 599 g/mol. The Morgan fingerprint density at radius 3 is 2.24 bits per heavy atom. The number of fused-ring (bicyclic) bond motifs is 6. The molecule has 4 aromatic carbocycles. The average molecular weight is 600 g/mol. The van der Waals surface area contributed by atoms with Crippen LogP contribution in [0.25, 0.3) is 6.08 Å². The zero-order valence-electron chi connectivity index (χ0n) is 24.5. The quantitative estimate of drug-likeness (QED) is 0.149. The molecule has 0 bridgehead atoms. The van der Waals surface area contributed by atoms with E-state index < -0.39 is 34.1 Å². The maximum absolute atomic E-state index is 14.8. The van der Waals surface area contributed by atoms with Crippen LogP contribution < -0.4 is 10.1 Å². The molecule has 1 fully saturated rings. The molecule has 0 aromatic heterocycles. The van der Waals surface area contributed by atoms with Gasteiger partial charge in [0.05, 0.1) is 23.0 Å². The lowest BCUT2D eigenvalue weighted by Gasteiger charge is -2.38. The van der Waals surface area contributed by atoms with Crippen molar-refractivity contribution in [1.29, 1.82) is 0 Å². The van der Waals surface area contributed by atoms with Crippen molar-refractivity contribution in [2.24, 2.45) is 5.92 Å². The zero-order chi connectivity index (χ0) is 31.5. The molecule has 7 rings (SSSR count). The van der Waals surface area contributed by atoms with E-state index in [0.29, 0.717) is 22.6 Å². The lowest BCUT2D eigenvalue weighted by molar-refractivity contribution is -0.384. The van der Waals surface area contributed by atoms with E-state index >= 15 is 0 Å². The van der Waals surface area contributed by atoms with Gasteiger partial charge in [-0.15, -0.1) is 0 Å². The number of nitrogens with one attached hydrogen (secondary N) is 1. The topological polar surface area (TPSA) is 119 Å². The van der Waals surface area contributed by atoms with Gasteiger partial charge in [0.25, 0.3) is 5.69 Å². The largest absolute Gasteiger partial charge is 0.491 e. The SMILES string of the molecule is CC(C)Oc1ccc(C(=O)[C@@H]2[C@H](C(=O)c3ccc([N+](=O)[O-])cc3)[C@@]3(C(=O)Nc4ccccc43)[C@@H]3c4ccccc4C=CN23)cc1. The molecule has 4 atom stereocenters. The molecule has 0 unspecified atom stereocenters. The van der Waals surface area contributed by atoms with E-state index in [2.05, 4.69) is 5.32 Å². The minimum atomic E-state index is -1.49. The molecule has 3 heterocycles. The molecule has 3 aliphatic rings. The van der Waals surface area contributed by atoms with Crippen LogP contribution in [0, 0.1) is 16.0 Å². The Bertz CT molecular complexity index is 1900. The van der Waals surface area contributed by atoms with Gasteiger partial charge in [-0.25, -0.2) is 0 Å². The fraction of sp³-hybridized carbons (Fsp3) is 0.194. The molecular formula is C36H29N3O6. The number of benzene rings is 4. The number of nitrogens with zero attached hydrogens (tertiary/aromatic N) is 2. The van der Waals surface area contributed by atoms with E-state index in [0.717, 1.165) is 11.1 Å². The lowest BCUT2D eigenvalue weighted by atomic mass is 9.62. The Labute approximate surface area is 259 Å². The van der Waals surface area contributed by atoms with Crippen molar-refractivity contribution in [1.82, 2.24) is 4.90 Å². The van der Waals surface area contributed by atoms with Crippen molar-refractivity contribution < 1.29 is 24.0 Å². The fourth-order valence-corrected chi connectivity index (χ4v) is 7.24. The molecule has 1 spiro atoms. The number of carbonyl (C=O) groups excluding carboxylic acids is 3. The molecule has 1 N–H and O–H groups in total. The molecule has 4 aromatic rings. The molecule has 1 saturated heterocycles. The number of nitro benzene ring substituents is 1. The van der Waals surface area contributed by atoms with Crippen LogP contribution in [-0.2, 0) is 10.2 Å². The van der Waals surface area contributed by atoms with E-state index in [4.69, 9.17) is 4.74 Å². The maximum atomic E-state index is 14.8. The maximum Gasteiger partial charge on any atom is 0.269 e. The molecule has 0 aliphatic carbocycles. The number of hydrogen-bond acceptors (Lipinski definition) is 7. The number of ether oxygens (including phenoxy) is 1. The molecule has 3 aliphatic heterocycles. The van der Waals surface area contributed by atoms with E-state index in [1.54, 1.807) is 30.3 Å². The molecule has 224 valence electrons. The number of hydrogen-bond donors (Lipinski definition) is 1. The molecule has 45 heavy (non-hydrogen) atoms. The third-order valence-electron chi connectivity index (χ3n) is 8.99. The zero-order valence-corrected chi connectivity index (χ0v) is 24.5. The normalized spacial score (nSPS) is 22.5. The third kappa shape index (κ3) is 4.26. The first kappa shape index (κ1) is 28.2. The number of carbonyl (C=O) groups is 3. The Hall–Kier alpha value is -5.57. The van der Waals surface area contributed by atoms with Gasteiger partial charge in [0.1, 0.15) is 17.2 Å². The number of anilines is 1. The van der Waals surface area contributed by atoms with Crippen molar-refractivity contribution in [2.45, 2.75) is 37.5 Å². The van der Waals surface area contributed by atoms with E-state index in [1.807, 2.05) is 73.5 Å². The van der Waals surface area contributed by atoms with Crippen molar-refractivity contribution in [3.05, 3.63) is 141 Å². The highest BCUT2D eigenvalue weighted by atomic mass is 16.6. The summed E-state index contributed by atoms with van der Waals surface area (Å²) in [5, 5.41) is 14.4. The highest BCUT2D eigenvalue weighted by Gasteiger charge is 2.70. The molecule has 9 heteroatoms. The lowest BCUT2D eigenvalue weighted by Crippen LogP contribution is -2.49. The number of para-hydroxylation sites is 1. The van der Waals surface area contributed by atoms with Gasteiger partial charge in [-0.3, -0.25) is 24.5 Å². The van der Waals surface area contributed by atoms with E-state index in [9.17, 15) is 24.5 Å². The highest BCUT2D eigenvalue weighted by Crippen LogP contribution is 2.62. The Kier molecular flexibility index (Phi) is 6.62. The number of amides is 1. The summed E-state index contributed by atoms with van der Waals surface area (Å²) in [6, 6.07) is 25.3. The van der Waals surface area contributed by atoms with Crippen molar-refractivity contribution in [2.75, 3.05) is 5.32 Å². The van der Waals surface area contributed by atoms with Gasteiger partial charge in [-0.2, -0.15) is 0 Å². The van der Waals surface area contributed by atoms with E-state index in [-0.39, 0.29) is 29.0 Å². The average Bonchev–Trinajstić information content (AvgIpc) is 3.52. The second-order valence-corrected chi connectivity index (χ2v) is 11.8. The molecule has 1 amide bonds. The van der Waals surface area contributed by atoms with Crippen LogP contribution in [0.2, 0.25) is 0 Å². The minimum absolute atomic E-state index is 0.0507. The Morgan fingerprint density at radius 2 is 1.53 bits per heavy atom. The predicted octanol–water partition coefficient (Wildman–Crippen LogP) is 6.36. The summed E-state index contributed by atoms with van der Waals surface area (Å²) in [5.41, 5.74) is 1.82. The van der Waals surface area contributed by atoms with Gasteiger partial charge < -0.3 is 15.0 Å². The van der Waals surface area contributed by atoms with Crippen LogP contribution in [-0.4, -0.2) is 39.4 Å². The van der Waals surface area contributed by atoms with Crippen molar-refractivity contribution >= 4 is 34.9 Å². The van der Waals surface area contributed by atoms with Crippen LogP contribution in [0.4, 0.5) is 11.4 Å². The predicted molar refractivity (Wildman–Crippen MR) is 168 cm³/mol. The van der Waals surface area contributed by atoms with Gasteiger partial charge in [-0.05, 0) is 79.1 Å². The summed E-state index contributed by atoms with van der Waals surface area (Å²) in [6.07, 6.45) is 3.66. The van der Waals surface area contributed by atoms with Crippen LogP contribution >= 0.6 is 0 Å². The van der Waals surface area contributed by atoms with Gasteiger partial charge >= 0.3 is 0 Å². The first-order chi connectivity index (χ1) is 21.7. The highest BCUT2D eigenvalue weighted by molar-refractivity contribution is 6.16. The van der Waals surface area contributed by atoms with Crippen LogP contribution in [0.1, 0.15) is 57.3 Å². The van der Waals surface area contributed by atoms with Gasteiger partial charge in [0.2, 0.25) is 5.91 Å². The van der Waals surface area contributed by atoms with Crippen LogP contribution in [0.3, 0.4) is 0 Å². The number of Topliss-reactive ketones (excluding diaryl/α,β-unsaturated/α-hetero) is 2. The van der Waals surface area contributed by atoms with Crippen LogP contribution in [0.15, 0.2) is 103 Å². The second kappa shape index (κ2) is 10.6. The van der Waals surface area contributed by atoms with Gasteiger partial charge in [0.15, 0.2) is 11.6 Å². The molecule has 0 radical (unpaired) electrons. The number of nitro groups is 1. The summed E-state index contributed by atoms with van der Waals surface area (Å²) in [6.45, 7) is 3.83. The standard InChI is InChI=1S/C36H29N3O6/c1-21(2)45-26-17-13-24(14-18-26)33(41)31-30(32(40)23-11-15-25(16-12-23)39(43)44)36(28-9-5-6-10-29(28)37-35(36)42)34-27-8-4-3-7-22(27)19-20-38(31)34/h3-21,30-31,34H,1-2H3,(H,37,42)/t30-,31+,34+,36-/m1/s1. The Balaban J connectivity index is 1.46. The number of rotatable bonds is 7. The summed E-state index contributed by atoms with van der Waals surface area (Å²) >= 11 is 0. The van der Waals surface area contributed by atoms with Gasteiger partial charge in [0, 0.05) is 35.1 Å². The Morgan fingerprint density at radius 1 is 0.889 bits per heavy atom. The van der Waals surface area contributed by atoms with Gasteiger partial charge in [-0.1, -0.05) is 42.5 Å². The minimum Gasteiger partial charge on any atom is -0.491 e. The summed E-state index contributed by atoms with van der Waals surface area (Å²) in [5.74, 6) is -1.72. The summed E-state index contributed by atoms with van der Waals surface area (Å²) in [7, 11) is 0.